The molecule has 0 fully saturated rings. The van der Waals surface area contributed by atoms with Gasteiger partial charge in [0.05, 0.1) is 0 Å². The van der Waals surface area contributed by atoms with E-state index in [9.17, 15) is 9.59 Å². The van der Waals surface area contributed by atoms with Gasteiger partial charge in [0, 0.05) is 12.3 Å². The Morgan fingerprint density at radius 2 is 1.00 bits per heavy atom. The lowest BCUT2D eigenvalue weighted by atomic mass is 10.0. The number of carbonyl (C=O) groups excluding carboxylic acids is 2. The van der Waals surface area contributed by atoms with Gasteiger partial charge in [0.1, 0.15) is 0 Å². The molecule has 0 spiro atoms. The van der Waals surface area contributed by atoms with Gasteiger partial charge in [0.2, 0.25) is 10.5 Å². The lowest BCUT2D eigenvalue weighted by Crippen LogP contribution is -2.02. The van der Waals surface area contributed by atoms with Crippen molar-refractivity contribution in [1.82, 2.24) is 0 Å². The molecule has 1 unspecified atom stereocenters. The Bertz CT molecular complexity index is 306. The minimum atomic E-state index is -0.202. The fourth-order valence-corrected chi connectivity index (χ4v) is 3.02. The number of hydrogen-bond acceptors (Lipinski definition) is 2. The molecule has 136 valence electrons. The van der Waals surface area contributed by atoms with Gasteiger partial charge in [0.25, 0.3) is 0 Å². The van der Waals surface area contributed by atoms with Crippen LogP contribution in [0.3, 0.4) is 0 Å². The molecule has 0 bridgehead atoms. The smallest absolute Gasteiger partial charge is 0.224 e. The molecule has 2 nitrogen and oxygen atoms in total. The van der Waals surface area contributed by atoms with Crippen molar-refractivity contribution < 1.29 is 9.59 Å². The zero-order valence-electron chi connectivity index (χ0n) is 14.8. The van der Waals surface area contributed by atoms with E-state index in [1.807, 2.05) is 6.92 Å². The summed E-state index contributed by atoms with van der Waals surface area (Å²) in [4.78, 5) is 21.4. The van der Waals surface area contributed by atoms with Crippen LogP contribution in [0.5, 0.6) is 0 Å². The Morgan fingerprint density at radius 3 is 1.35 bits per heavy atom. The molecule has 0 aromatic carbocycles. The molecule has 0 aliphatic heterocycles. The molecule has 0 amide bonds. The van der Waals surface area contributed by atoms with Gasteiger partial charge >= 0.3 is 0 Å². The highest BCUT2D eigenvalue weighted by atomic mass is 35.5. The Balaban J connectivity index is 3.08. The maximum Gasteiger partial charge on any atom is 0.224 e. The standard InChI is InChI=1S/C19H34Cl2O2/c1-17(19(21)23)15-13-11-9-7-5-3-2-4-6-8-10-12-14-16-18(20)22/h17H,2-16H2,1H3. The number of halogens is 2. The van der Waals surface area contributed by atoms with Crippen LogP contribution in [0.4, 0.5) is 0 Å². The van der Waals surface area contributed by atoms with E-state index >= 15 is 0 Å². The zero-order valence-corrected chi connectivity index (χ0v) is 16.3. The van der Waals surface area contributed by atoms with E-state index in [4.69, 9.17) is 23.2 Å². The van der Waals surface area contributed by atoms with E-state index in [0.717, 1.165) is 25.7 Å². The van der Waals surface area contributed by atoms with E-state index < -0.39 is 0 Å². The molecule has 0 saturated carbocycles. The second-order valence-electron chi connectivity index (χ2n) is 6.70. The Kier molecular flexibility index (Phi) is 16.7. The van der Waals surface area contributed by atoms with Crippen molar-refractivity contribution in [2.45, 2.75) is 103 Å². The summed E-state index contributed by atoms with van der Waals surface area (Å²) in [6.45, 7) is 1.91. The predicted octanol–water partition coefficient (Wildman–Crippen LogP) is 7.00. The van der Waals surface area contributed by atoms with Crippen LogP contribution in [0.15, 0.2) is 0 Å². The van der Waals surface area contributed by atoms with Crippen LogP contribution in [0.1, 0.15) is 103 Å². The van der Waals surface area contributed by atoms with E-state index in [1.165, 1.54) is 64.2 Å². The van der Waals surface area contributed by atoms with Crippen molar-refractivity contribution >= 4 is 33.7 Å². The van der Waals surface area contributed by atoms with Crippen molar-refractivity contribution in [3.63, 3.8) is 0 Å². The van der Waals surface area contributed by atoms with Crippen LogP contribution in [0.2, 0.25) is 0 Å². The van der Waals surface area contributed by atoms with Gasteiger partial charge in [-0.1, -0.05) is 84.0 Å². The summed E-state index contributed by atoms with van der Waals surface area (Å²) in [5.74, 6) is 0.0205. The number of carbonyl (C=O) groups is 2. The molecule has 23 heavy (non-hydrogen) atoms. The van der Waals surface area contributed by atoms with Gasteiger partial charge < -0.3 is 0 Å². The predicted molar refractivity (Wildman–Crippen MR) is 100 cm³/mol. The topological polar surface area (TPSA) is 34.1 Å². The first kappa shape index (κ1) is 22.9. The molecule has 0 aromatic heterocycles. The second-order valence-corrected chi connectivity index (χ2v) is 7.49. The largest absolute Gasteiger partial charge is 0.281 e. The molecular weight excluding hydrogens is 331 g/mol. The molecule has 0 aliphatic carbocycles. The van der Waals surface area contributed by atoms with Gasteiger partial charge in [0.15, 0.2) is 0 Å². The lowest BCUT2D eigenvalue weighted by Gasteiger charge is -2.05. The van der Waals surface area contributed by atoms with Crippen LogP contribution >= 0.6 is 23.2 Å². The van der Waals surface area contributed by atoms with E-state index in [-0.39, 0.29) is 16.4 Å². The zero-order chi connectivity index (χ0) is 17.3. The minimum Gasteiger partial charge on any atom is -0.281 e. The van der Waals surface area contributed by atoms with Crippen LogP contribution in [0, 0.1) is 5.92 Å². The third-order valence-corrected chi connectivity index (χ3v) is 4.96. The maximum atomic E-state index is 10.9. The van der Waals surface area contributed by atoms with Crippen molar-refractivity contribution in [1.29, 1.82) is 0 Å². The van der Waals surface area contributed by atoms with Gasteiger partial charge in [-0.3, -0.25) is 9.59 Å². The first-order valence-corrected chi connectivity index (χ1v) is 10.2. The van der Waals surface area contributed by atoms with Crippen molar-refractivity contribution in [3.05, 3.63) is 0 Å². The molecule has 0 radical (unpaired) electrons. The summed E-state index contributed by atoms with van der Waals surface area (Å²) in [6, 6.07) is 0. The summed E-state index contributed by atoms with van der Waals surface area (Å²) in [6.07, 6.45) is 17.7. The fourth-order valence-electron chi connectivity index (χ4n) is 2.77. The molecule has 1 atom stereocenters. The van der Waals surface area contributed by atoms with Crippen molar-refractivity contribution in [2.75, 3.05) is 0 Å². The lowest BCUT2D eigenvalue weighted by molar-refractivity contribution is -0.115. The third-order valence-electron chi connectivity index (χ3n) is 4.40. The molecule has 0 aromatic rings. The molecule has 0 aliphatic rings. The van der Waals surface area contributed by atoms with Crippen molar-refractivity contribution in [3.8, 4) is 0 Å². The number of hydrogen-bond donors (Lipinski definition) is 0. The average molecular weight is 365 g/mol. The summed E-state index contributed by atoms with van der Waals surface area (Å²) < 4.78 is 0. The quantitative estimate of drug-likeness (QED) is 0.205. The summed E-state index contributed by atoms with van der Waals surface area (Å²) in [5.41, 5.74) is 0. The molecule has 0 saturated heterocycles. The molecule has 4 heteroatoms. The van der Waals surface area contributed by atoms with Crippen LogP contribution < -0.4 is 0 Å². The average Bonchev–Trinajstić information content (AvgIpc) is 2.50. The van der Waals surface area contributed by atoms with Gasteiger partial charge in [-0.15, -0.1) is 0 Å². The van der Waals surface area contributed by atoms with E-state index in [0.29, 0.717) is 6.42 Å². The Morgan fingerprint density at radius 1 is 0.652 bits per heavy atom. The maximum absolute atomic E-state index is 10.9. The van der Waals surface area contributed by atoms with Gasteiger partial charge in [-0.25, -0.2) is 0 Å². The minimum absolute atomic E-state index is 0.0205. The summed E-state index contributed by atoms with van der Waals surface area (Å²) in [5, 5.41) is -0.399. The summed E-state index contributed by atoms with van der Waals surface area (Å²) >= 11 is 10.7. The molecule has 0 N–H and O–H groups in total. The van der Waals surface area contributed by atoms with Gasteiger partial charge in [-0.2, -0.15) is 0 Å². The Hall–Kier alpha value is -0.0800. The first-order chi connectivity index (χ1) is 11.0. The normalized spacial score (nSPS) is 12.3. The van der Waals surface area contributed by atoms with Gasteiger partial charge in [-0.05, 0) is 36.0 Å². The number of unbranched alkanes of at least 4 members (excludes halogenated alkanes) is 12. The summed E-state index contributed by atoms with van der Waals surface area (Å²) in [7, 11) is 0. The molecule has 0 rings (SSSR count). The monoisotopic (exact) mass is 364 g/mol. The van der Waals surface area contributed by atoms with E-state index in [2.05, 4.69) is 0 Å². The second kappa shape index (κ2) is 16.8. The number of rotatable bonds is 17. The third kappa shape index (κ3) is 18.1. The SMILES string of the molecule is CC(CCCCCCCCCCCCCCCC(=O)Cl)C(=O)Cl. The fraction of sp³-hybridized carbons (Fsp3) is 0.895. The van der Waals surface area contributed by atoms with Crippen molar-refractivity contribution in [2.24, 2.45) is 5.92 Å². The highest BCUT2D eigenvalue weighted by molar-refractivity contribution is 6.64. The molecular formula is C19H34Cl2O2. The first-order valence-electron chi connectivity index (χ1n) is 9.41. The van der Waals surface area contributed by atoms with Crippen LogP contribution in [-0.2, 0) is 9.59 Å². The highest BCUT2D eigenvalue weighted by Crippen LogP contribution is 2.15. The Labute approximate surface area is 152 Å². The van der Waals surface area contributed by atoms with Crippen LogP contribution in [-0.4, -0.2) is 10.5 Å². The molecule has 0 heterocycles. The van der Waals surface area contributed by atoms with Crippen LogP contribution in [0.25, 0.3) is 0 Å². The van der Waals surface area contributed by atoms with E-state index in [1.54, 1.807) is 0 Å². The highest BCUT2D eigenvalue weighted by Gasteiger charge is 2.08.